The van der Waals surface area contributed by atoms with Gasteiger partial charge in [0.15, 0.2) is 0 Å². The van der Waals surface area contributed by atoms with Gasteiger partial charge < -0.3 is 10.6 Å². The largest absolute Gasteiger partial charge is 0.373 e. The van der Waals surface area contributed by atoms with Gasteiger partial charge in [-0.2, -0.15) is 11.3 Å². The van der Waals surface area contributed by atoms with Crippen molar-refractivity contribution in [2.75, 3.05) is 10.6 Å². The Kier molecular flexibility index (Phi) is 3.77. The molecule has 1 aromatic heterocycles. The Morgan fingerprint density at radius 3 is 2.59 bits per heavy atom. The standard InChI is InChI=1S/C13H14N2OS/c1-10(14-12-7-8-17-9-12)13(16)15-11-5-3-2-4-6-11/h2-10,14H,1H3,(H,15,16). The van der Waals surface area contributed by atoms with Crippen molar-refractivity contribution in [1.82, 2.24) is 0 Å². The molecule has 88 valence electrons. The van der Waals surface area contributed by atoms with E-state index in [1.165, 1.54) is 0 Å². The third kappa shape index (κ3) is 3.32. The molecule has 0 spiro atoms. The Bertz CT molecular complexity index is 467. The van der Waals surface area contributed by atoms with Crippen molar-refractivity contribution in [2.45, 2.75) is 13.0 Å². The molecular formula is C13H14N2OS. The first-order valence-corrected chi connectivity index (χ1v) is 6.34. The smallest absolute Gasteiger partial charge is 0.246 e. The highest BCUT2D eigenvalue weighted by Gasteiger charge is 2.12. The summed E-state index contributed by atoms with van der Waals surface area (Å²) in [5, 5.41) is 9.95. The lowest BCUT2D eigenvalue weighted by Crippen LogP contribution is -2.31. The monoisotopic (exact) mass is 246 g/mol. The summed E-state index contributed by atoms with van der Waals surface area (Å²) in [7, 11) is 0. The van der Waals surface area contributed by atoms with Gasteiger partial charge in [-0.3, -0.25) is 4.79 Å². The van der Waals surface area contributed by atoms with E-state index in [2.05, 4.69) is 10.6 Å². The average molecular weight is 246 g/mol. The summed E-state index contributed by atoms with van der Waals surface area (Å²) >= 11 is 1.60. The molecule has 0 aliphatic rings. The zero-order chi connectivity index (χ0) is 12.1. The lowest BCUT2D eigenvalue weighted by molar-refractivity contribution is -0.116. The summed E-state index contributed by atoms with van der Waals surface area (Å²) in [4.78, 5) is 11.9. The topological polar surface area (TPSA) is 41.1 Å². The lowest BCUT2D eigenvalue weighted by Gasteiger charge is -2.14. The molecule has 4 heteroatoms. The van der Waals surface area contributed by atoms with Gasteiger partial charge in [-0.25, -0.2) is 0 Å². The van der Waals surface area contributed by atoms with Gasteiger partial charge in [0.25, 0.3) is 0 Å². The van der Waals surface area contributed by atoms with Crippen molar-refractivity contribution in [3.05, 3.63) is 47.2 Å². The molecule has 1 unspecified atom stereocenters. The van der Waals surface area contributed by atoms with Crippen molar-refractivity contribution >= 4 is 28.6 Å². The maximum absolute atomic E-state index is 11.9. The highest BCUT2D eigenvalue weighted by molar-refractivity contribution is 7.08. The number of benzene rings is 1. The van der Waals surface area contributed by atoms with Crippen LogP contribution in [-0.2, 0) is 4.79 Å². The van der Waals surface area contributed by atoms with Gasteiger partial charge >= 0.3 is 0 Å². The molecule has 0 aliphatic heterocycles. The maximum Gasteiger partial charge on any atom is 0.246 e. The molecule has 2 aromatic rings. The van der Waals surface area contributed by atoms with Crippen LogP contribution < -0.4 is 10.6 Å². The van der Waals surface area contributed by atoms with Crippen molar-refractivity contribution in [3.8, 4) is 0 Å². The summed E-state index contributed by atoms with van der Waals surface area (Å²) in [5.41, 5.74) is 1.79. The number of nitrogens with one attached hydrogen (secondary N) is 2. The van der Waals surface area contributed by atoms with E-state index in [1.807, 2.05) is 54.1 Å². The predicted molar refractivity (Wildman–Crippen MR) is 72.5 cm³/mol. The van der Waals surface area contributed by atoms with Crippen LogP contribution in [-0.4, -0.2) is 11.9 Å². The normalized spacial score (nSPS) is 11.8. The van der Waals surface area contributed by atoms with E-state index in [0.29, 0.717) is 0 Å². The Labute approximate surface area is 104 Å². The van der Waals surface area contributed by atoms with Gasteiger partial charge in [0.05, 0.1) is 0 Å². The number of carbonyl (C=O) groups is 1. The first kappa shape index (κ1) is 11.7. The van der Waals surface area contributed by atoms with Gasteiger partial charge in [0.2, 0.25) is 5.91 Å². The van der Waals surface area contributed by atoms with Crippen LogP contribution in [0.2, 0.25) is 0 Å². The summed E-state index contributed by atoms with van der Waals surface area (Å²) in [6.07, 6.45) is 0. The quantitative estimate of drug-likeness (QED) is 0.870. The van der Waals surface area contributed by atoms with Crippen molar-refractivity contribution in [3.63, 3.8) is 0 Å². The second-order valence-electron chi connectivity index (χ2n) is 3.73. The van der Waals surface area contributed by atoms with Crippen molar-refractivity contribution in [1.29, 1.82) is 0 Å². The minimum absolute atomic E-state index is 0.0394. The van der Waals surface area contributed by atoms with Crippen LogP contribution in [0.25, 0.3) is 0 Å². The molecular weight excluding hydrogens is 232 g/mol. The van der Waals surface area contributed by atoms with Gasteiger partial charge in [-0.05, 0) is 30.5 Å². The van der Waals surface area contributed by atoms with Gasteiger partial charge in [0.1, 0.15) is 6.04 Å². The number of hydrogen-bond acceptors (Lipinski definition) is 3. The SMILES string of the molecule is CC(Nc1ccsc1)C(=O)Nc1ccccc1. The van der Waals surface area contributed by atoms with E-state index in [4.69, 9.17) is 0 Å². The fraction of sp³-hybridized carbons (Fsp3) is 0.154. The second kappa shape index (κ2) is 5.50. The van der Waals surface area contributed by atoms with Crippen LogP contribution in [0.15, 0.2) is 47.2 Å². The van der Waals surface area contributed by atoms with Crippen LogP contribution in [0.1, 0.15) is 6.92 Å². The number of rotatable bonds is 4. The summed E-state index contributed by atoms with van der Waals surface area (Å²) in [6.45, 7) is 1.84. The summed E-state index contributed by atoms with van der Waals surface area (Å²) in [5.74, 6) is -0.0394. The van der Waals surface area contributed by atoms with Crippen molar-refractivity contribution in [2.24, 2.45) is 0 Å². The first-order chi connectivity index (χ1) is 8.25. The Morgan fingerprint density at radius 2 is 1.94 bits per heavy atom. The molecule has 2 N–H and O–H groups in total. The predicted octanol–water partition coefficient (Wildman–Crippen LogP) is 3.19. The zero-order valence-corrected chi connectivity index (χ0v) is 10.3. The molecule has 0 fully saturated rings. The van der Waals surface area contributed by atoms with Crippen molar-refractivity contribution < 1.29 is 4.79 Å². The van der Waals surface area contributed by atoms with Crippen LogP contribution >= 0.6 is 11.3 Å². The van der Waals surface area contributed by atoms with E-state index in [1.54, 1.807) is 11.3 Å². The molecule has 1 aromatic carbocycles. The molecule has 3 nitrogen and oxygen atoms in total. The number of amides is 1. The number of para-hydroxylation sites is 1. The van der Waals surface area contributed by atoms with Crippen LogP contribution in [0.4, 0.5) is 11.4 Å². The number of thiophene rings is 1. The third-order valence-electron chi connectivity index (χ3n) is 2.34. The average Bonchev–Trinajstić information content (AvgIpc) is 2.83. The molecule has 1 atom stereocenters. The highest BCUT2D eigenvalue weighted by atomic mass is 32.1. The van der Waals surface area contributed by atoms with E-state index in [-0.39, 0.29) is 11.9 Å². The number of anilines is 2. The second-order valence-corrected chi connectivity index (χ2v) is 4.51. The zero-order valence-electron chi connectivity index (χ0n) is 9.51. The summed E-state index contributed by atoms with van der Waals surface area (Å²) in [6, 6.07) is 11.1. The number of hydrogen-bond donors (Lipinski definition) is 2. The summed E-state index contributed by atoms with van der Waals surface area (Å²) < 4.78 is 0. The molecule has 1 amide bonds. The van der Waals surface area contributed by atoms with Gasteiger partial charge in [-0.15, -0.1) is 0 Å². The van der Waals surface area contributed by atoms with Gasteiger partial charge in [0, 0.05) is 16.8 Å². The van der Waals surface area contributed by atoms with Crippen LogP contribution in [0.5, 0.6) is 0 Å². The molecule has 0 saturated heterocycles. The van der Waals surface area contributed by atoms with Crippen LogP contribution in [0.3, 0.4) is 0 Å². The molecule has 0 saturated carbocycles. The van der Waals surface area contributed by atoms with E-state index >= 15 is 0 Å². The molecule has 0 bridgehead atoms. The Morgan fingerprint density at radius 1 is 1.18 bits per heavy atom. The molecule has 0 radical (unpaired) electrons. The third-order valence-corrected chi connectivity index (χ3v) is 3.02. The van der Waals surface area contributed by atoms with Crippen LogP contribution in [0, 0.1) is 0 Å². The molecule has 17 heavy (non-hydrogen) atoms. The Hall–Kier alpha value is -1.81. The molecule has 2 rings (SSSR count). The number of carbonyl (C=O) groups excluding carboxylic acids is 1. The minimum atomic E-state index is -0.259. The maximum atomic E-state index is 11.9. The molecule has 0 aliphatic carbocycles. The minimum Gasteiger partial charge on any atom is -0.373 e. The first-order valence-electron chi connectivity index (χ1n) is 5.40. The van der Waals surface area contributed by atoms with Gasteiger partial charge in [-0.1, -0.05) is 18.2 Å². The Balaban J connectivity index is 1.92. The fourth-order valence-corrected chi connectivity index (χ4v) is 2.03. The fourth-order valence-electron chi connectivity index (χ4n) is 1.43. The highest BCUT2D eigenvalue weighted by Crippen LogP contribution is 2.13. The lowest BCUT2D eigenvalue weighted by atomic mass is 10.2. The van der Waals surface area contributed by atoms with E-state index in [9.17, 15) is 4.79 Å². The van der Waals surface area contributed by atoms with E-state index in [0.717, 1.165) is 11.4 Å². The molecule has 1 heterocycles. The van der Waals surface area contributed by atoms with E-state index < -0.39 is 0 Å².